The number of amidine groups is 1. The number of nitrogens with one attached hydrogen (secondary N) is 1. The van der Waals surface area contributed by atoms with Gasteiger partial charge in [0.1, 0.15) is 5.82 Å². The van der Waals surface area contributed by atoms with Crippen molar-refractivity contribution in [3.63, 3.8) is 0 Å². The molecular weight excluding hydrogens is 459 g/mol. The molecule has 178 valence electrons. The number of carbonyl (C=O) groups excluding carboxylic acids is 1. The van der Waals surface area contributed by atoms with Crippen LogP contribution in [0.3, 0.4) is 0 Å². The summed E-state index contributed by atoms with van der Waals surface area (Å²) in [5.41, 5.74) is 3.04. The molecule has 5 nitrogen and oxygen atoms in total. The molecule has 0 saturated heterocycles. The Labute approximate surface area is 208 Å². The molecule has 2 heterocycles. The smallest absolute Gasteiger partial charge is 0.232 e. The van der Waals surface area contributed by atoms with Gasteiger partial charge in [-0.1, -0.05) is 62.0 Å². The van der Waals surface area contributed by atoms with E-state index in [1.165, 1.54) is 12.1 Å². The average molecular weight is 487 g/mol. The molecule has 1 aromatic heterocycles. The highest BCUT2D eigenvalue weighted by atomic mass is 32.2. The lowest BCUT2D eigenvalue weighted by atomic mass is 9.70. The number of aliphatic imine (C=N–C) groups is 1. The van der Waals surface area contributed by atoms with E-state index in [9.17, 15) is 9.18 Å². The number of rotatable bonds is 5. The summed E-state index contributed by atoms with van der Waals surface area (Å²) in [7, 11) is 0. The molecule has 1 amide bonds. The number of hydrogen-bond donors (Lipinski definition) is 1. The van der Waals surface area contributed by atoms with E-state index in [1.807, 2.05) is 51.2 Å². The predicted molar refractivity (Wildman–Crippen MR) is 141 cm³/mol. The highest BCUT2D eigenvalue weighted by Gasteiger charge is 2.40. The van der Waals surface area contributed by atoms with Crippen molar-refractivity contribution in [3.8, 4) is 5.69 Å². The minimum atomic E-state index is -0.753. The molecule has 0 saturated carbocycles. The third kappa shape index (κ3) is 4.60. The molecule has 0 radical (unpaired) electrons. The fourth-order valence-electron chi connectivity index (χ4n) is 4.62. The van der Waals surface area contributed by atoms with Crippen LogP contribution >= 0.6 is 11.8 Å². The second-order valence-corrected chi connectivity index (χ2v) is 10.5. The second kappa shape index (κ2) is 9.30. The van der Waals surface area contributed by atoms with Gasteiger partial charge in [-0.15, -0.1) is 0 Å². The van der Waals surface area contributed by atoms with Crippen LogP contribution in [0.1, 0.15) is 37.8 Å². The number of thioether (sulfide) groups is 1. The third-order valence-corrected chi connectivity index (χ3v) is 7.59. The normalized spacial score (nSPS) is 16.8. The predicted octanol–water partition coefficient (Wildman–Crippen LogP) is 5.93. The highest BCUT2D eigenvalue weighted by molar-refractivity contribution is 8.14. The van der Waals surface area contributed by atoms with Crippen LogP contribution in [0.4, 0.5) is 4.39 Å². The summed E-state index contributed by atoms with van der Waals surface area (Å²) < 4.78 is 15.2. The van der Waals surface area contributed by atoms with Gasteiger partial charge in [0.05, 0.1) is 28.9 Å². The number of hydrogen-bond acceptors (Lipinski definition) is 4. The minimum absolute atomic E-state index is 0.0613. The molecule has 0 fully saturated rings. The van der Waals surface area contributed by atoms with Crippen molar-refractivity contribution < 1.29 is 9.18 Å². The van der Waals surface area contributed by atoms with Crippen molar-refractivity contribution in [1.82, 2.24) is 15.1 Å². The van der Waals surface area contributed by atoms with Gasteiger partial charge in [-0.05, 0) is 54.4 Å². The Bertz CT molecular complexity index is 1400. The van der Waals surface area contributed by atoms with Crippen LogP contribution in [0, 0.1) is 11.2 Å². The summed E-state index contributed by atoms with van der Waals surface area (Å²) >= 11 is 1.59. The second-order valence-electron chi connectivity index (χ2n) is 9.46. The number of nitrogens with zero attached hydrogens (tertiary/aromatic N) is 3. The first-order valence-electron chi connectivity index (χ1n) is 11.6. The van der Waals surface area contributed by atoms with E-state index >= 15 is 0 Å². The van der Waals surface area contributed by atoms with E-state index < -0.39 is 5.41 Å². The number of benzene rings is 3. The Hall–Kier alpha value is -3.45. The summed E-state index contributed by atoms with van der Waals surface area (Å²) in [6.07, 6.45) is 1.81. The number of carbonyl (C=O) groups is 1. The Morgan fingerprint density at radius 2 is 1.83 bits per heavy atom. The van der Waals surface area contributed by atoms with Gasteiger partial charge in [-0.3, -0.25) is 9.79 Å². The molecule has 7 heteroatoms. The third-order valence-electron chi connectivity index (χ3n) is 6.46. The summed E-state index contributed by atoms with van der Waals surface area (Å²) in [5.74, 6) is 0.350. The van der Waals surface area contributed by atoms with E-state index in [1.54, 1.807) is 28.6 Å². The maximum Gasteiger partial charge on any atom is 0.232 e. The van der Waals surface area contributed by atoms with Crippen LogP contribution in [0.2, 0.25) is 0 Å². The molecule has 2 atom stereocenters. The van der Waals surface area contributed by atoms with Gasteiger partial charge in [0.2, 0.25) is 5.91 Å². The van der Waals surface area contributed by atoms with Crippen molar-refractivity contribution in [2.24, 2.45) is 10.4 Å². The SMILES string of the molecule is CC1CSC(NC(=O)C(C)(C)C(c2ccccc2)c2ccc3c(cnn3-c3ccc(F)cc3)c2)=N1. The zero-order valence-electron chi connectivity index (χ0n) is 19.9. The first-order chi connectivity index (χ1) is 16.8. The molecule has 1 N–H and O–H groups in total. The molecule has 1 aliphatic rings. The Morgan fingerprint density at radius 1 is 1.09 bits per heavy atom. The van der Waals surface area contributed by atoms with E-state index in [0.717, 1.165) is 33.5 Å². The van der Waals surface area contributed by atoms with Gasteiger partial charge in [-0.25, -0.2) is 9.07 Å². The monoisotopic (exact) mass is 486 g/mol. The van der Waals surface area contributed by atoms with E-state index in [-0.39, 0.29) is 23.7 Å². The lowest BCUT2D eigenvalue weighted by molar-refractivity contribution is -0.128. The van der Waals surface area contributed by atoms with Gasteiger partial charge < -0.3 is 5.32 Å². The van der Waals surface area contributed by atoms with Gasteiger partial charge in [0, 0.05) is 17.1 Å². The lowest BCUT2D eigenvalue weighted by Crippen LogP contribution is -2.43. The fraction of sp³-hybridized carbons (Fsp3) is 0.250. The molecule has 0 spiro atoms. The Kier molecular flexibility index (Phi) is 6.19. The first-order valence-corrected chi connectivity index (χ1v) is 12.6. The zero-order chi connectivity index (χ0) is 24.6. The van der Waals surface area contributed by atoms with Crippen LogP contribution in [0.25, 0.3) is 16.6 Å². The molecule has 0 bridgehead atoms. The number of aromatic nitrogens is 2. The molecule has 2 unspecified atom stereocenters. The highest BCUT2D eigenvalue weighted by Crippen LogP contribution is 2.42. The van der Waals surface area contributed by atoms with Gasteiger partial charge in [0.25, 0.3) is 0 Å². The van der Waals surface area contributed by atoms with Crippen molar-refractivity contribution in [3.05, 3.63) is 95.9 Å². The average Bonchev–Trinajstić information content (AvgIpc) is 3.46. The van der Waals surface area contributed by atoms with Crippen molar-refractivity contribution in [2.45, 2.75) is 32.7 Å². The summed E-state index contributed by atoms with van der Waals surface area (Å²) in [4.78, 5) is 18.1. The standard InChI is InChI=1S/C28H27FN4OS/c1-18-17-35-27(31-18)32-26(34)28(2,3)25(19-7-5-4-6-8-19)20-9-14-24-21(15-20)16-30-33(24)23-12-10-22(29)11-13-23/h4-16,18,25H,17H2,1-3H3,(H,31,32,34). The van der Waals surface area contributed by atoms with Crippen LogP contribution in [0.15, 0.2) is 84.0 Å². The number of halogens is 1. The van der Waals surface area contributed by atoms with Crippen molar-refractivity contribution in [2.75, 3.05) is 5.75 Å². The molecule has 3 aromatic carbocycles. The maximum absolute atomic E-state index is 13.5. The summed E-state index contributed by atoms with van der Waals surface area (Å²) in [6, 6.07) is 22.8. The van der Waals surface area contributed by atoms with Crippen LogP contribution in [0.5, 0.6) is 0 Å². The number of amides is 1. The Balaban J connectivity index is 1.54. The maximum atomic E-state index is 13.5. The Morgan fingerprint density at radius 3 is 2.51 bits per heavy atom. The quantitative estimate of drug-likeness (QED) is 0.380. The van der Waals surface area contributed by atoms with Crippen LogP contribution in [-0.4, -0.2) is 32.7 Å². The molecule has 5 rings (SSSR count). The van der Waals surface area contributed by atoms with Crippen LogP contribution < -0.4 is 5.32 Å². The molecule has 0 aliphatic carbocycles. The van der Waals surface area contributed by atoms with E-state index in [0.29, 0.717) is 5.17 Å². The fourth-order valence-corrected chi connectivity index (χ4v) is 5.52. The van der Waals surface area contributed by atoms with Gasteiger partial charge in [-0.2, -0.15) is 5.10 Å². The van der Waals surface area contributed by atoms with Gasteiger partial charge in [0.15, 0.2) is 5.17 Å². The first kappa shape index (κ1) is 23.3. The lowest BCUT2D eigenvalue weighted by Gasteiger charge is -2.34. The minimum Gasteiger partial charge on any atom is -0.305 e. The zero-order valence-corrected chi connectivity index (χ0v) is 20.7. The molecule has 4 aromatic rings. The molecular formula is C28H27FN4OS. The summed E-state index contributed by atoms with van der Waals surface area (Å²) in [5, 5.41) is 9.25. The molecule has 1 aliphatic heterocycles. The van der Waals surface area contributed by atoms with Crippen molar-refractivity contribution >= 4 is 33.7 Å². The van der Waals surface area contributed by atoms with E-state index in [4.69, 9.17) is 0 Å². The van der Waals surface area contributed by atoms with Crippen molar-refractivity contribution in [1.29, 1.82) is 0 Å². The van der Waals surface area contributed by atoms with E-state index in [2.05, 4.69) is 39.7 Å². The topological polar surface area (TPSA) is 59.3 Å². The summed E-state index contributed by atoms with van der Waals surface area (Å²) in [6.45, 7) is 6.01. The van der Waals surface area contributed by atoms with Crippen LogP contribution in [-0.2, 0) is 4.79 Å². The molecule has 35 heavy (non-hydrogen) atoms. The largest absolute Gasteiger partial charge is 0.305 e. The number of fused-ring (bicyclic) bond motifs is 1. The van der Waals surface area contributed by atoms with Gasteiger partial charge >= 0.3 is 0 Å².